The maximum absolute atomic E-state index is 12.6. The Morgan fingerprint density at radius 3 is 2.71 bits per heavy atom. The molecule has 3 heterocycles. The van der Waals surface area contributed by atoms with E-state index in [4.69, 9.17) is 9.26 Å². The fourth-order valence-corrected chi connectivity index (χ4v) is 3.07. The van der Waals surface area contributed by atoms with Gasteiger partial charge in [0.05, 0.1) is 12.2 Å². The lowest BCUT2D eigenvalue weighted by molar-refractivity contribution is -0.113. The molecule has 0 unspecified atom stereocenters. The van der Waals surface area contributed by atoms with Crippen molar-refractivity contribution in [3.05, 3.63) is 59.3 Å². The highest BCUT2D eigenvalue weighted by molar-refractivity contribution is 6.07. The fourth-order valence-electron chi connectivity index (χ4n) is 3.07. The molecule has 144 valence electrons. The van der Waals surface area contributed by atoms with E-state index in [0.717, 1.165) is 11.3 Å². The Labute approximate surface area is 161 Å². The van der Waals surface area contributed by atoms with Crippen molar-refractivity contribution in [1.29, 1.82) is 0 Å². The first-order valence-corrected chi connectivity index (χ1v) is 8.83. The number of carbonyl (C=O) groups is 2. The van der Waals surface area contributed by atoms with Crippen LogP contribution in [0.25, 0.3) is 0 Å². The number of amides is 3. The van der Waals surface area contributed by atoms with Gasteiger partial charge in [-0.1, -0.05) is 23.4 Å². The van der Waals surface area contributed by atoms with E-state index < -0.39 is 6.03 Å². The standard InChI is InChI=1S/C19H19N5O4/c1-12-15(13(2)28-22-12)10-23-8-9-24-16(11-27-19(24)21-18(23)26)17(25)20-14-6-4-3-5-7-14/h3-7,11H,8-10H2,1-2H3,(H,20,25). The molecule has 9 nitrogen and oxygen atoms in total. The minimum Gasteiger partial charge on any atom is -0.431 e. The number of hydrogen-bond donors (Lipinski definition) is 1. The van der Waals surface area contributed by atoms with E-state index in [9.17, 15) is 9.59 Å². The summed E-state index contributed by atoms with van der Waals surface area (Å²) in [6.07, 6.45) is 1.31. The molecule has 0 saturated carbocycles. The van der Waals surface area contributed by atoms with Gasteiger partial charge >= 0.3 is 12.1 Å². The molecule has 1 N–H and O–H groups in total. The lowest BCUT2D eigenvalue weighted by Crippen LogP contribution is -2.36. The van der Waals surface area contributed by atoms with Crippen molar-refractivity contribution in [2.24, 2.45) is 4.99 Å². The number of para-hydroxylation sites is 1. The molecule has 0 spiro atoms. The number of ether oxygens (including phenoxy) is 1. The van der Waals surface area contributed by atoms with Crippen LogP contribution in [-0.2, 0) is 16.1 Å². The van der Waals surface area contributed by atoms with E-state index in [-0.39, 0.29) is 11.9 Å². The number of carbonyl (C=O) groups excluding carboxylic acids is 2. The number of fused-ring (bicyclic) bond motifs is 1. The number of nitrogens with zero attached hydrogens (tertiary/aromatic N) is 4. The van der Waals surface area contributed by atoms with Gasteiger partial charge in [0.2, 0.25) is 0 Å². The maximum Gasteiger partial charge on any atom is 0.348 e. The van der Waals surface area contributed by atoms with Gasteiger partial charge < -0.3 is 19.5 Å². The summed E-state index contributed by atoms with van der Waals surface area (Å²) in [5.41, 5.74) is 2.57. The molecule has 0 atom stereocenters. The molecule has 3 amide bonds. The molecule has 2 aliphatic heterocycles. The van der Waals surface area contributed by atoms with E-state index in [1.807, 2.05) is 25.1 Å². The Balaban J connectivity index is 1.48. The second kappa shape index (κ2) is 7.18. The third-order valence-electron chi connectivity index (χ3n) is 4.65. The monoisotopic (exact) mass is 381 g/mol. The summed E-state index contributed by atoms with van der Waals surface area (Å²) in [4.78, 5) is 32.3. The summed E-state index contributed by atoms with van der Waals surface area (Å²) in [5.74, 6) is 0.338. The van der Waals surface area contributed by atoms with E-state index in [1.54, 1.807) is 28.9 Å². The van der Waals surface area contributed by atoms with Crippen LogP contribution in [0.3, 0.4) is 0 Å². The molecule has 1 aromatic carbocycles. The van der Waals surface area contributed by atoms with Crippen molar-refractivity contribution in [3.8, 4) is 0 Å². The smallest absolute Gasteiger partial charge is 0.348 e. The van der Waals surface area contributed by atoms with Crippen LogP contribution >= 0.6 is 0 Å². The number of aliphatic imine (C=N–C) groups is 1. The van der Waals surface area contributed by atoms with Crippen molar-refractivity contribution in [1.82, 2.24) is 15.0 Å². The molecule has 0 aliphatic carbocycles. The molecule has 9 heteroatoms. The Hall–Kier alpha value is -3.62. The molecule has 2 aliphatic rings. The minimum atomic E-state index is -0.435. The Morgan fingerprint density at radius 2 is 2.00 bits per heavy atom. The molecular formula is C19H19N5O4. The molecule has 28 heavy (non-hydrogen) atoms. The second-order valence-electron chi connectivity index (χ2n) is 6.49. The topological polar surface area (TPSA) is 100 Å². The third-order valence-corrected chi connectivity index (χ3v) is 4.65. The highest BCUT2D eigenvalue weighted by atomic mass is 16.5. The van der Waals surface area contributed by atoms with Gasteiger partial charge in [0, 0.05) is 24.3 Å². The zero-order chi connectivity index (χ0) is 19.7. The molecular weight excluding hydrogens is 362 g/mol. The molecule has 2 aromatic rings. The first-order valence-electron chi connectivity index (χ1n) is 8.83. The van der Waals surface area contributed by atoms with Crippen LogP contribution < -0.4 is 5.32 Å². The zero-order valence-corrected chi connectivity index (χ0v) is 15.5. The summed E-state index contributed by atoms with van der Waals surface area (Å²) >= 11 is 0. The van der Waals surface area contributed by atoms with Gasteiger partial charge in [0.15, 0.2) is 0 Å². The molecule has 1 aromatic heterocycles. The number of urea groups is 1. The van der Waals surface area contributed by atoms with Gasteiger partial charge in [0.1, 0.15) is 17.7 Å². The van der Waals surface area contributed by atoms with Crippen LogP contribution in [0.5, 0.6) is 0 Å². The zero-order valence-electron chi connectivity index (χ0n) is 15.5. The van der Waals surface area contributed by atoms with Crippen molar-refractivity contribution < 1.29 is 18.8 Å². The third kappa shape index (κ3) is 3.34. The van der Waals surface area contributed by atoms with E-state index in [0.29, 0.717) is 36.8 Å². The van der Waals surface area contributed by atoms with Gasteiger partial charge in [-0.05, 0) is 26.0 Å². The Morgan fingerprint density at radius 1 is 1.21 bits per heavy atom. The first kappa shape index (κ1) is 17.8. The van der Waals surface area contributed by atoms with Gasteiger partial charge in [0.25, 0.3) is 5.91 Å². The fraction of sp³-hybridized carbons (Fsp3) is 0.263. The lowest BCUT2D eigenvalue weighted by Gasteiger charge is -2.21. The number of aromatic nitrogens is 1. The molecule has 4 rings (SSSR count). The van der Waals surface area contributed by atoms with Crippen molar-refractivity contribution >= 4 is 23.6 Å². The lowest BCUT2D eigenvalue weighted by atomic mass is 10.2. The van der Waals surface area contributed by atoms with Crippen molar-refractivity contribution in [2.45, 2.75) is 20.4 Å². The highest BCUT2D eigenvalue weighted by Gasteiger charge is 2.34. The Kier molecular flexibility index (Phi) is 4.56. The molecule has 0 saturated heterocycles. The molecule has 0 bridgehead atoms. The number of benzene rings is 1. The van der Waals surface area contributed by atoms with Crippen LogP contribution in [0.4, 0.5) is 10.5 Å². The van der Waals surface area contributed by atoms with Crippen molar-refractivity contribution in [3.63, 3.8) is 0 Å². The number of aryl methyl sites for hydroxylation is 2. The maximum atomic E-state index is 12.6. The van der Waals surface area contributed by atoms with Crippen LogP contribution in [-0.4, -0.2) is 46.0 Å². The summed E-state index contributed by atoms with van der Waals surface area (Å²) in [6.45, 7) is 4.72. The average molecular weight is 381 g/mol. The molecule has 0 radical (unpaired) electrons. The number of anilines is 1. The largest absolute Gasteiger partial charge is 0.431 e. The number of amidine groups is 1. The summed E-state index contributed by atoms with van der Waals surface area (Å²) in [7, 11) is 0. The Bertz CT molecular complexity index is 960. The average Bonchev–Trinajstić information content (AvgIpc) is 3.18. The summed E-state index contributed by atoms with van der Waals surface area (Å²) < 4.78 is 10.5. The molecule has 0 fully saturated rings. The van der Waals surface area contributed by atoms with Gasteiger partial charge in [-0.2, -0.15) is 0 Å². The van der Waals surface area contributed by atoms with Crippen LogP contribution in [0.1, 0.15) is 17.0 Å². The normalized spacial score (nSPS) is 16.1. The van der Waals surface area contributed by atoms with Crippen molar-refractivity contribution in [2.75, 3.05) is 18.4 Å². The predicted octanol–water partition coefficient (Wildman–Crippen LogP) is 2.40. The summed E-state index contributed by atoms with van der Waals surface area (Å²) in [6, 6.07) is 8.78. The number of hydrogen-bond acceptors (Lipinski definition) is 6. The van der Waals surface area contributed by atoms with Gasteiger partial charge in [-0.3, -0.25) is 9.69 Å². The SMILES string of the molecule is Cc1noc(C)c1CN1CCN2C(C(=O)Nc3ccccc3)=COC2=NC1=O. The summed E-state index contributed by atoms with van der Waals surface area (Å²) in [5, 5.41) is 6.72. The minimum absolute atomic E-state index is 0.101. The van der Waals surface area contributed by atoms with Crippen LogP contribution in [0, 0.1) is 13.8 Å². The van der Waals surface area contributed by atoms with Gasteiger partial charge in [-0.15, -0.1) is 4.99 Å². The first-order chi connectivity index (χ1) is 13.5. The predicted molar refractivity (Wildman–Crippen MR) is 100 cm³/mol. The van der Waals surface area contributed by atoms with Gasteiger partial charge in [-0.25, -0.2) is 4.79 Å². The number of nitrogens with one attached hydrogen (secondary N) is 1. The van der Waals surface area contributed by atoms with E-state index in [2.05, 4.69) is 15.5 Å². The van der Waals surface area contributed by atoms with E-state index >= 15 is 0 Å². The number of rotatable bonds is 4. The highest BCUT2D eigenvalue weighted by Crippen LogP contribution is 2.22. The van der Waals surface area contributed by atoms with E-state index in [1.165, 1.54) is 6.26 Å². The quantitative estimate of drug-likeness (QED) is 0.873. The van der Waals surface area contributed by atoms with Crippen LogP contribution in [0.15, 0.2) is 51.8 Å². The second-order valence-corrected chi connectivity index (χ2v) is 6.49. The van der Waals surface area contributed by atoms with Crippen LogP contribution in [0.2, 0.25) is 0 Å².